The summed E-state index contributed by atoms with van der Waals surface area (Å²) in [6.45, 7) is 9.99. The molecular formula is C23H30N2O3. The van der Waals surface area contributed by atoms with Gasteiger partial charge >= 0.3 is 0 Å². The second-order valence-corrected chi connectivity index (χ2v) is 7.99. The second kappa shape index (κ2) is 8.31. The number of piperidine rings is 1. The summed E-state index contributed by atoms with van der Waals surface area (Å²) in [6, 6.07) is 3.88. The molecule has 2 aromatic rings. The number of hydrogen-bond donors (Lipinski definition) is 1. The first-order valence-electron chi connectivity index (χ1n) is 9.91. The molecule has 0 radical (unpaired) electrons. The normalized spacial score (nSPS) is 17.5. The number of carbonyl (C=O) groups is 1. The van der Waals surface area contributed by atoms with E-state index in [1.165, 1.54) is 0 Å². The highest BCUT2D eigenvalue weighted by Crippen LogP contribution is 2.28. The van der Waals surface area contributed by atoms with Crippen LogP contribution >= 0.6 is 0 Å². The van der Waals surface area contributed by atoms with Gasteiger partial charge in [0, 0.05) is 47.6 Å². The van der Waals surface area contributed by atoms with Gasteiger partial charge in [-0.3, -0.25) is 14.5 Å². The summed E-state index contributed by atoms with van der Waals surface area (Å²) in [5, 5.41) is 0. The molecule has 5 heteroatoms. The maximum atomic E-state index is 13.1. The van der Waals surface area contributed by atoms with Crippen LogP contribution in [-0.2, 0) is 6.54 Å². The topological polar surface area (TPSA) is 62.4 Å². The summed E-state index contributed by atoms with van der Waals surface area (Å²) >= 11 is 0. The highest BCUT2D eigenvalue weighted by molar-refractivity contribution is 5.98. The lowest BCUT2D eigenvalue weighted by molar-refractivity contribution is 0.0809. The number of hydrogen-bond acceptors (Lipinski definition) is 4. The van der Waals surface area contributed by atoms with Crippen LogP contribution in [0.25, 0.3) is 0 Å². The lowest BCUT2D eigenvalue weighted by Gasteiger charge is -2.32. The molecule has 1 unspecified atom stereocenters. The molecular weight excluding hydrogens is 352 g/mol. The molecule has 28 heavy (non-hydrogen) atoms. The molecule has 3 rings (SSSR count). The summed E-state index contributed by atoms with van der Waals surface area (Å²) in [4.78, 5) is 30.9. The van der Waals surface area contributed by atoms with E-state index < -0.39 is 0 Å². The van der Waals surface area contributed by atoms with Crippen molar-refractivity contribution < 1.29 is 9.53 Å². The summed E-state index contributed by atoms with van der Waals surface area (Å²) in [7, 11) is 1.66. The Bertz CT molecular complexity index is 922. The molecule has 1 fully saturated rings. The van der Waals surface area contributed by atoms with E-state index >= 15 is 0 Å². The molecule has 150 valence electrons. The molecule has 1 aliphatic heterocycles. The van der Waals surface area contributed by atoms with Gasteiger partial charge in [0.25, 0.3) is 0 Å². The molecule has 0 bridgehead atoms. The number of pyridine rings is 1. The minimum atomic E-state index is -0.0154. The highest BCUT2D eigenvalue weighted by atomic mass is 16.5. The van der Waals surface area contributed by atoms with Crippen molar-refractivity contribution in [1.82, 2.24) is 9.88 Å². The third-order valence-corrected chi connectivity index (χ3v) is 5.82. The maximum Gasteiger partial charge on any atom is 0.187 e. The Morgan fingerprint density at radius 2 is 1.86 bits per heavy atom. The first-order valence-corrected chi connectivity index (χ1v) is 9.91. The molecule has 1 saturated heterocycles. The van der Waals surface area contributed by atoms with E-state index in [9.17, 15) is 9.59 Å². The van der Waals surface area contributed by atoms with Crippen molar-refractivity contribution in [1.29, 1.82) is 0 Å². The third-order valence-electron chi connectivity index (χ3n) is 5.82. The number of nitrogens with one attached hydrogen (secondary N) is 1. The van der Waals surface area contributed by atoms with E-state index in [0.717, 1.165) is 65.2 Å². The van der Waals surface area contributed by atoms with Crippen molar-refractivity contribution in [3.63, 3.8) is 0 Å². The first-order chi connectivity index (χ1) is 13.3. The number of aryl methyl sites for hydroxylation is 3. The van der Waals surface area contributed by atoms with Gasteiger partial charge in [0.15, 0.2) is 11.2 Å². The van der Waals surface area contributed by atoms with Crippen molar-refractivity contribution in [2.75, 3.05) is 20.2 Å². The molecule has 1 N–H and O–H groups in total. The largest absolute Gasteiger partial charge is 0.496 e. The summed E-state index contributed by atoms with van der Waals surface area (Å²) in [5.41, 5.74) is 5.30. The average molecular weight is 383 g/mol. The Balaban J connectivity index is 1.75. The highest BCUT2D eigenvalue weighted by Gasteiger charge is 2.27. The van der Waals surface area contributed by atoms with Crippen LogP contribution in [0.1, 0.15) is 51.1 Å². The van der Waals surface area contributed by atoms with Gasteiger partial charge in [0.1, 0.15) is 5.75 Å². The van der Waals surface area contributed by atoms with Crippen LogP contribution in [0.3, 0.4) is 0 Å². The Kier molecular flexibility index (Phi) is 6.04. The number of likely N-dealkylation sites (tertiary alicyclic amines) is 1. The zero-order valence-electron chi connectivity index (χ0n) is 17.5. The van der Waals surface area contributed by atoms with Gasteiger partial charge in [-0.1, -0.05) is 0 Å². The predicted molar refractivity (Wildman–Crippen MR) is 111 cm³/mol. The Labute approximate surface area is 166 Å². The Morgan fingerprint density at radius 3 is 2.50 bits per heavy atom. The van der Waals surface area contributed by atoms with E-state index in [1.807, 2.05) is 39.8 Å². The summed E-state index contributed by atoms with van der Waals surface area (Å²) < 4.78 is 5.42. The fraction of sp³-hybridized carbons (Fsp3) is 0.478. The fourth-order valence-corrected chi connectivity index (χ4v) is 4.25. The minimum Gasteiger partial charge on any atom is -0.496 e. The van der Waals surface area contributed by atoms with Crippen molar-refractivity contribution in [2.45, 2.75) is 47.1 Å². The lowest BCUT2D eigenvalue weighted by Crippen LogP contribution is -2.39. The number of carbonyl (C=O) groups excluding carboxylic acids is 1. The quantitative estimate of drug-likeness (QED) is 0.801. The van der Waals surface area contributed by atoms with Crippen LogP contribution in [0.15, 0.2) is 23.1 Å². The number of aromatic nitrogens is 1. The van der Waals surface area contributed by atoms with Gasteiger partial charge < -0.3 is 9.72 Å². The van der Waals surface area contributed by atoms with Crippen molar-refractivity contribution in [2.24, 2.45) is 5.92 Å². The third kappa shape index (κ3) is 4.04. The molecule has 1 aromatic heterocycles. The molecule has 0 spiro atoms. The van der Waals surface area contributed by atoms with Gasteiger partial charge in [-0.15, -0.1) is 0 Å². The van der Waals surface area contributed by atoms with E-state index in [4.69, 9.17) is 4.74 Å². The fourth-order valence-electron chi connectivity index (χ4n) is 4.25. The zero-order valence-corrected chi connectivity index (χ0v) is 17.5. The number of benzene rings is 1. The predicted octanol–water partition coefficient (Wildman–Crippen LogP) is 3.71. The van der Waals surface area contributed by atoms with Crippen molar-refractivity contribution in [3.8, 4) is 5.75 Å². The summed E-state index contributed by atoms with van der Waals surface area (Å²) in [5.74, 6) is 1.03. The van der Waals surface area contributed by atoms with E-state index in [0.29, 0.717) is 6.54 Å². The van der Waals surface area contributed by atoms with Gasteiger partial charge in [0.2, 0.25) is 0 Å². The lowest BCUT2D eigenvalue weighted by atomic mass is 9.88. The van der Waals surface area contributed by atoms with Crippen LogP contribution in [0.4, 0.5) is 0 Å². The van der Waals surface area contributed by atoms with Crippen LogP contribution < -0.4 is 10.2 Å². The second-order valence-electron chi connectivity index (χ2n) is 7.99. The number of rotatable bonds is 5. The number of Topliss-reactive ketones (excluding diaryl/α,β-unsaturated/α-hetero) is 1. The van der Waals surface area contributed by atoms with Crippen molar-refractivity contribution >= 4 is 5.78 Å². The van der Waals surface area contributed by atoms with Crippen LogP contribution in [-0.4, -0.2) is 35.9 Å². The molecule has 2 heterocycles. The monoisotopic (exact) mass is 382 g/mol. The SMILES string of the molecule is COc1c(C)cc(C(=O)C2CCCN(Cc3[nH]cc(C)c(=O)c3C)C2)cc1C. The zero-order chi connectivity index (χ0) is 20.4. The summed E-state index contributed by atoms with van der Waals surface area (Å²) in [6.07, 6.45) is 3.67. The standard InChI is InChI=1S/C23H30N2O3/c1-14-9-19(10-15(2)23(14)28-5)22(27)18-7-6-8-25(12-18)13-20-17(4)21(26)16(3)11-24-20/h9-11,18H,6-8,12-13H2,1-5H3,(H,24,26). The molecule has 1 aliphatic rings. The Morgan fingerprint density at radius 1 is 1.18 bits per heavy atom. The number of H-pyrrole nitrogens is 1. The van der Waals surface area contributed by atoms with E-state index in [1.54, 1.807) is 13.3 Å². The molecule has 0 saturated carbocycles. The number of methoxy groups -OCH3 is 1. The number of ketones is 1. The molecule has 0 aliphatic carbocycles. The molecule has 1 aromatic carbocycles. The number of aromatic amines is 1. The Hall–Kier alpha value is -2.40. The van der Waals surface area contributed by atoms with Gasteiger partial charge in [-0.25, -0.2) is 0 Å². The number of ether oxygens (including phenoxy) is 1. The van der Waals surface area contributed by atoms with E-state index in [-0.39, 0.29) is 17.1 Å². The van der Waals surface area contributed by atoms with Gasteiger partial charge in [0.05, 0.1) is 7.11 Å². The van der Waals surface area contributed by atoms with Crippen LogP contribution in [0.5, 0.6) is 5.75 Å². The molecule has 1 atom stereocenters. The van der Waals surface area contributed by atoms with Gasteiger partial charge in [-0.2, -0.15) is 0 Å². The number of nitrogens with zero attached hydrogens (tertiary/aromatic N) is 1. The minimum absolute atomic E-state index is 0.0154. The van der Waals surface area contributed by atoms with Crippen molar-refractivity contribution in [3.05, 3.63) is 62.1 Å². The average Bonchev–Trinajstić information content (AvgIpc) is 2.68. The van der Waals surface area contributed by atoms with Crippen LogP contribution in [0.2, 0.25) is 0 Å². The van der Waals surface area contributed by atoms with E-state index in [2.05, 4.69) is 9.88 Å². The van der Waals surface area contributed by atoms with Gasteiger partial charge in [-0.05, 0) is 70.3 Å². The van der Waals surface area contributed by atoms with Crippen LogP contribution in [0, 0.1) is 33.6 Å². The molecule has 5 nitrogen and oxygen atoms in total. The molecule has 0 amide bonds. The smallest absolute Gasteiger partial charge is 0.187 e. The maximum absolute atomic E-state index is 13.1. The first kappa shape index (κ1) is 20.3.